The van der Waals surface area contributed by atoms with Gasteiger partial charge in [0.1, 0.15) is 5.82 Å². The molecule has 0 aliphatic carbocycles. The van der Waals surface area contributed by atoms with Crippen LogP contribution in [0.1, 0.15) is 39.7 Å². The lowest BCUT2D eigenvalue weighted by molar-refractivity contribution is 0.294. The summed E-state index contributed by atoms with van der Waals surface area (Å²) >= 11 is 0. The molecule has 112 valence electrons. The summed E-state index contributed by atoms with van der Waals surface area (Å²) in [7, 11) is 0. The number of anilines is 1. The van der Waals surface area contributed by atoms with Crippen molar-refractivity contribution in [1.82, 2.24) is 5.32 Å². The monoisotopic (exact) mass is 278 g/mol. The number of rotatable bonds is 4. The molecule has 0 aromatic heterocycles. The van der Waals surface area contributed by atoms with E-state index < -0.39 is 0 Å². The van der Waals surface area contributed by atoms with E-state index in [1.54, 1.807) is 6.07 Å². The molecule has 1 saturated heterocycles. The average Bonchev–Trinajstić information content (AvgIpc) is 2.41. The van der Waals surface area contributed by atoms with Crippen molar-refractivity contribution in [3.8, 4) is 0 Å². The number of para-hydroxylation sites is 1. The third-order valence-electron chi connectivity index (χ3n) is 4.52. The number of hydrogen-bond acceptors (Lipinski definition) is 2. The third-order valence-corrected chi connectivity index (χ3v) is 4.52. The number of hydrogen-bond donors (Lipinski definition) is 1. The summed E-state index contributed by atoms with van der Waals surface area (Å²) in [5.74, 6) is 1.13. The molecule has 1 N–H and O–H groups in total. The van der Waals surface area contributed by atoms with Crippen molar-refractivity contribution in [2.24, 2.45) is 11.8 Å². The maximum atomic E-state index is 14.4. The summed E-state index contributed by atoms with van der Waals surface area (Å²) < 4.78 is 14.4. The van der Waals surface area contributed by atoms with Crippen LogP contribution in [0.15, 0.2) is 18.2 Å². The van der Waals surface area contributed by atoms with Crippen molar-refractivity contribution in [2.75, 3.05) is 18.0 Å². The molecule has 1 aromatic carbocycles. The first-order valence-electron chi connectivity index (χ1n) is 7.79. The smallest absolute Gasteiger partial charge is 0.146 e. The van der Waals surface area contributed by atoms with Crippen LogP contribution < -0.4 is 10.2 Å². The second kappa shape index (κ2) is 6.57. The molecule has 0 bridgehead atoms. The first kappa shape index (κ1) is 15.3. The Morgan fingerprint density at radius 3 is 2.75 bits per heavy atom. The molecular weight excluding hydrogens is 251 g/mol. The van der Waals surface area contributed by atoms with Crippen molar-refractivity contribution in [3.63, 3.8) is 0 Å². The van der Waals surface area contributed by atoms with Gasteiger partial charge in [-0.1, -0.05) is 32.9 Å². The maximum Gasteiger partial charge on any atom is 0.146 e. The summed E-state index contributed by atoms with van der Waals surface area (Å²) in [5, 5.41) is 3.32. The molecule has 20 heavy (non-hydrogen) atoms. The Kier molecular flexibility index (Phi) is 5.03. The lowest BCUT2D eigenvalue weighted by Gasteiger charge is -2.43. The number of halogens is 1. The van der Waals surface area contributed by atoms with Crippen LogP contribution in [0.4, 0.5) is 10.1 Å². The van der Waals surface area contributed by atoms with Gasteiger partial charge in [0.25, 0.3) is 0 Å². The molecule has 0 saturated carbocycles. The molecule has 3 unspecified atom stereocenters. The maximum absolute atomic E-state index is 14.4. The van der Waals surface area contributed by atoms with Crippen LogP contribution in [0.5, 0.6) is 0 Å². The zero-order valence-electron chi connectivity index (χ0n) is 13.1. The molecule has 0 amide bonds. The molecule has 3 heteroatoms. The molecule has 0 radical (unpaired) electrons. The van der Waals surface area contributed by atoms with E-state index in [-0.39, 0.29) is 5.82 Å². The van der Waals surface area contributed by atoms with E-state index in [9.17, 15) is 4.39 Å². The van der Waals surface area contributed by atoms with Crippen LogP contribution in [-0.4, -0.2) is 19.1 Å². The highest BCUT2D eigenvalue weighted by Gasteiger charge is 2.31. The van der Waals surface area contributed by atoms with E-state index >= 15 is 0 Å². The number of nitrogens with zero attached hydrogens (tertiary/aromatic N) is 1. The number of benzene rings is 1. The Hall–Kier alpha value is -1.09. The molecule has 1 aliphatic rings. The van der Waals surface area contributed by atoms with Gasteiger partial charge in [-0.25, -0.2) is 4.39 Å². The van der Waals surface area contributed by atoms with Gasteiger partial charge in [-0.3, -0.25) is 0 Å². The van der Waals surface area contributed by atoms with Crippen molar-refractivity contribution >= 4 is 5.69 Å². The first-order valence-corrected chi connectivity index (χ1v) is 7.79. The fraction of sp³-hybridized carbons (Fsp3) is 0.647. The van der Waals surface area contributed by atoms with Gasteiger partial charge in [0.2, 0.25) is 0 Å². The molecule has 1 aromatic rings. The molecule has 1 aliphatic heterocycles. The van der Waals surface area contributed by atoms with E-state index in [1.165, 1.54) is 6.42 Å². The normalized spacial score (nSPS) is 26.9. The van der Waals surface area contributed by atoms with Crippen LogP contribution in [0, 0.1) is 17.7 Å². The summed E-state index contributed by atoms with van der Waals surface area (Å²) in [6, 6.07) is 5.83. The minimum absolute atomic E-state index is 0.0893. The predicted molar refractivity (Wildman–Crippen MR) is 83.5 cm³/mol. The zero-order valence-corrected chi connectivity index (χ0v) is 13.1. The van der Waals surface area contributed by atoms with E-state index in [4.69, 9.17) is 0 Å². The summed E-state index contributed by atoms with van der Waals surface area (Å²) in [5.41, 5.74) is 1.87. The van der Waals surface area contributed by atoms with Crippen LogP contribution >= 0.6 is 0 Å². The topological polar surface area (TPSA) is 15.3 Å². The molecule has 1 heterocycles. The minimum atomic E-state index is -0.0893. The Labute approximate surface area is 122 Å². The SMILES string of the molecule is CCNCc1cccc(F)c1N1CC(C)CC(C)C1C. The standard InChI is InChI=1S/C17H27FN2/c1-5-19-10-15-7-6-8-16(18)17(15)20-11-12(2)9-13(3)14(20)4/h6-8,12-14,19H,5,9-11H2,1-4H3. The number of nitrogens with one attached hydrogen (secondary N) is 1. The van der Waals surface area contributed by atoms with Gasteiger partial charge in [-0.2, -0.15) is 0 Å². The van der Waals surface area contributed by atoms with Crippen LogP contribution in [-0.2, 0) is 6.54 Å². The molecule has 2 rings (SSSR count). The highest BCUT2D eigenvalue weighted by Crippen LogP contribution is 2.34. The second-order valence-corrected chi connectivity index (χ2v) is 6.24. The average molecular weight is 278 g/mol. The predicted octanol–water partition coefficient (Wildman–Crippen LogP) is 3.81. The van der Waals surface area contributed by atoms with Gasteiger partial charge >= 0.3 is 0 Å². The van der Waals surface area contributed by atoms with Crippen molar-refractivity contribution in [2.45, 2.75) is 46.7 Å². The third kappa shape index (κ3) is 3.14. The van der Waals surface area contributed by atoms with Crippen molar-refractivity contribution < 1.29 is 4.39 Å². The Morgan fingerprint density at radius 1 is 1.30 bits per heavy atom. The van der Waals surface area contributed by atoms with Crippen molar-refractivity contribution in [3.05, 3.63) is 29.6 Å². The largest absolute Gasteiger partial charge is 0.366 e. The van der Waals surface area contributed by atoms with E-state index in [0.717, 1.165) is 30.9 Å². The van der Waals surface area contributed by atoms with Gasteiger partial charge in [-0.05, 0) is 43.4 Å². The highest BCUT2D eigenvalue weighted by atomic mass is 19.1. The first-order chi connectivity index (χ1) is 9.54. The van der Waals surface area contributed by atoms with Gasteiger partial charge < -0.3 is 10.2 Å². The lowest BCUT2D eigenvalue weighted by atomic mass is 9.85. The van der Waals surface area contributed by atoms with Gasteiger partial charge in [0.15, 0.2) is 0 Å². The summed E-state index contributed by atoms with van der Waals surface area (Å²) in [4.78, 5) is 2.28. The van der Waals surface area contributed by atoms with E-state index in [0.29, 0.717) is 17.9 Å². The second-order valence-electron chi connectivity index (χ2n) is 6.24. The molecular formula is C17H27FN2. The Bertz CT molecular complexity index is 447. The fourth-order valence-electron chi connectivity index (χ4n) is 3.29. The fourth-order valence-corrected chi connectivity index (χ4v) is 3.29. The van der Waals surface area contributed by atoms with Crippen LogP contribution in [0.25, 0.3) is 0 Å². The van der Waals surface area contributed by atoms with Crippen LogP contribution in [0.3, 0.4) is 0 Å². The molecule has 2 nitrogen and oxygen atoms in total. The highest BCUT2D eigenvalue weighted by molar-refractivity contribution is 5.56. The molecule has 1 fully saturated rings. The van der Waals surface area contributed by atoms with Gasteiger partial charge in [-0.15, -0.1) is 0 Å². The zero-order chi connectivity index (χ0) is 14.7. The molecule has 0 spiro atoms. The van der Waals surface area contributed by atoms with Gasteiger partial charge in [0.05, 0.1) is 5.69 Å². The van der Waals surface area contributed by atoms with Crippen LogP contribution in [0.2, 0.25) is 0 Å². The minimum Gasteiger partial charge on any atom is -0.366 e. The number of piperidine rings is 1. The lowest BCUT2D eigenvalue weighted by Crippen LogP contribution is -2.46. The quantitative estimate of drug-likeness (QED) is 0.901. The van der Waals surface area contributed by atoms with E-state index in [2.05, 4.69) is 37.9 Å². The van der Waals surface area contributed by atoms with Gasteiger partial charge in [0, 0.05) is 19.1 Å². The van der Waals surface area contributed by atoms with Crippen molar-refractivity contribution in [1.29, 1.82) is 0 Å². The summed E-state index contributed by atoms with van der Waals surface area (Å²) in [6.07, 6.45) is 1.23. The van der Waals surface area contributed by atoms with E-state index in [1.807, 2.05) is 12.1 Å². The Morgan fingerprint density at radius 2 is 2.05 bits per heavy atom. The molecule has 3 atom stereocenters. The summed E-state index contributed by atoms with van der Waals surface area (Å²) in [6.45, 7) is 11.4. The Balaban J connectivity index is 2.34.